The van der Waals surface area contributed by atoms with Gasteiger partial charge in [0.2, 0.25) is 0 Å². The smallest absolute Gasteiger partial charge is 1.00 e. The van der Waals surface area contributed by atoms with Gasteiger partial charge in [-0.25, -0.2) is 0 Å². The van der Waals surface area contributed by atoms with Crippen molar-refractivity contribution >= 4 is 22.4 Å². The molecule has 7 nitrogen and oxygen atoms in total. The molecule has 2 fully saturated rings. The van der Waals surface area contributed by atoms with Crippen molar-refractivity contribution in [3.05, 3.63) is 144 Å². The molecule has 230 valence electrons. The first-order valence-electron chi connectivity index (χ1n) is 14.3. The van der Waals surface area contributed by atoms with Gasteiger partial charge < -0.3 is 26.4 Å². The molecule has 0 saturated carbocycles. The van der Waals surface area contributed by atoms with Crippen LogP contribution in [0.2, 0.25) is 0 Å². The number of carbonyl (C=O) groups excluding carboxylic acids is 1. The second-order valence-electron chi connectivity index (χ2n) is 9.97. The van der Waals surface area contributed by atoms with E-state index in [1.54, 1.807) is 0 Å². The van der Waals surface area contributed by atoms with Crippen LogP contribution in [0.25, 0.3) is 0 Å². The molecular weight excluding hydrogens is 686 g/mol. The molecule has 2 saturated heterocycles. The van der Waals surface area contributed by atoms with Crippen molar-refractivity contribution in [3.63, 3.8) is 0 Å². The maximum atomic E-state index is 8.64. The molecule has 1 N–H and O–H groups in total. The molecule has 0 amide bonds. The number of ether oxygens (including phenoxy) is 2. The monoisotopic (exact) mass is 726 g/mol. The van der Waals surface area contributed by atoms with E-state index in [4.69, 9.17) is 19.5 Å². The molecule has 0 spiro atoms. The Morgan fingerprint density at radius 1 is 0.711 bits per heavy atom. The number of benzene rings is 4. The van der Waals surface area contributed by atoms with Crippen LogP contribution in [-0.2, 0) is 45.3 Å². The van der Waals surface area contributed by atoms with Crippen LogP contribution in [0.1, 0.15) is 23.7 Å². The fourth-order valence-electron chi connectivity index (χ4n) is 4.03. The Balaban J connectivity index is 0.000000669. The van der Waals surface area contributed by atoms with E-state index in [9.17, 15) is 0 Å². The molecular formula is C35H41BrK2N2O5. The summed E-state index contributed by atoms with van der Waals surface area (Å²) in [6, 6.07) is 42.2. The number of nitrogens with one attached hydrogen (secondary N) is 1. The third-order valence-electron chi connectivity index (χ3n) is 6.32. The van der Waals surface area contributed by atoms with Crippen molar-refractivity contribution in [2.24, 2.45) is 0 Å². The van der Waals surface area contributed by atoms with Gasteiger partial charge in [-0.15, -0.1) is 0 Å². The SMILES string of the molecule is BrCC1CO1.O=CO[O-].[H-].[K+].[K+].c1ccc(CN(Cc2ccccc2)CC2CO2)cc1.c1ccc(CNCc2ccccc2)cc1. The van der Waals surface area contributed by atoms with Crippen molar-refractivity contribution in [3.8, 4) is 0 Å². The normalized spacial score (nSPS) is 15.1. The summed E-state index contributed by atoms with van der Waals surface area (Å²) >= 11 is 3.25. The van der Waals surface area contributed by atoms with Crippen LogP contribution in [-0.4, -0.2) is 48.7 Å². The van der Waals surface area contributed by atoms with Gasteiger partial charge in [0, 0.05) is 38.1 Å². The van der Waals surface area contributed by atoms with Crippen LogP contribution in [0, 0.1) is 0 Å². The fraction of sp³-hybridized carbons (Fsp3) is 0.286. The van der Waals surface area contributed by atoms with Gasteiger partial charge in [-0.3, -0.25) is 9.69 Å². The largest absolute Gasteiger partial charge is 1.00 e. The minimum atomic E-state index is -0.181. The molecule has 6 rings (SSSR count). The standard InChI is InChI=1S/C17H19NO.C14H15N.C3H5BrO.CH2O3.2K.H/c1-3-7-15(8-4-1)11-18(13-17-14-19-17)12-16-9-5-2-6-10-16;1-3-7-13(8-4-1)11-15-12-14-9-5-2-6-10-14;4-1-3-2-5-3;2-1-4-3;;;/h1-10,17H,11-14H2;1-10,15H,11-12H2;3H,1-2H2;1,3H;;;/q;;;;2*+1;-1/p-1. The minimum absolute atomic E-state index is 0. The molecule has 0 radical (unpaired) electrons. The first-order valence-corrected chi connectivity index (χ1v) is 15.4. The molecule has 0 bridgehead atoms. The van der Waals surface area contributed by atoms with Crippen molar-refractivity contribution in [2.45, 2.75) is 38.4 Å². The average Bonchev–Trinajstić information content (AvgIpc) is 4.00. The van der Waals surface area contributed by atoms with Crippen LogP contribution >= 0.6 is 15.9 Å². The summed E-state index contributed by atoms with van der Waals surface area (Å²) in [6.45, 7) is 6.53. The predicted octanol–water partition coefficient (Wildman–Crippen LogP) is -0.601. The van der Waals surface area contributed by atoms with Gasteiger partial charge in [0.05, 0.1) is 25.4 Å². The Morgan fingerprint density at radius 3 is 1.31 bits per heavy atom. The van der Waals surface area contributed by atoms with Crippen molar-refractivity contribution in [1.82, 2.24) is 10.2 Å². The number of alkyl halides is 1. The number of carbonyl (C=O) groups is 1. The predicted molar refractivity (Wildman–Crippen MR) is 172 cm³/mol. The number of rotatable bonds is 12. The maximum Gasteiger partial charge on any atom is 1.00 e. The third kappa shape index (κ3) is 22.2. The number of halogens is 1. The first-order chi connectivity index (χ1) is 21.2. The molecule has 4 aromatic carbocycles. The fourth-order valence-corrected chi connectivity index (χ4v) is 4.40. The van der Waals surface area contributed by atoms with Gasteiger partial charge in [0.15, 0.2) is 0 Å². The Hall–Kier alpha value is -0.0973. The Kier molecular flexibility index (Phi) is 26.5. The van der Waals surface area contributed by atoms with Crippen LogP contribution in [0.3, 0.4) is 0 Å². The van der Waals surface area contributed by atoms with E-state index in [0.29, 0.717) is 12.2 Å². The summed E-state index contributed by atoms with van der Waals surface area (Å²) in [5.41, 5.74) is 5.38. The van der Waals surface area contributed by atoms with Crippen molar-refractivity contribution < 1.29 is 129 Å². The van der Waals surface area contributed by atoms with E-state index in [1.807, 2.05) is 12.1 Å². The molecule has 45 heavy (non-hydrogen) atoms. The summed E-state index contributed by atoms with van der Waals surface area (Å²) in [7, 11) is 0. The summed E-state index contributed by atoms with van der Waals surface area (Å²) in [4.78, 5) is 13.7. The van der Waals surface area contributed by atoms with Crippen LogP contribution in [0.15, 0.2) is 121 Å². The Labute approximate surface area is 362 Å². The van der Waals surface area contributed by atoms with Gasteiger partial charge >= 0.3 is 103 Å². The molecule has 0 aromatic heterocycles. The zero-order chi connectivity index (χ0) is 30.4. The van der Waals surface area contributed by atoms with Crippen LogP contribution in [0.4, 0.5) is 0 Å². The summed E-state index contributed by atoms with van der Waals surface area (Å²) in [6.07, 6.45) is 0.988. The van der Waals surface area contributed by atoms with Gasteiger partial charge in [-0.2, -0.15) is 0 Å². The van der Waals surface area contributed by atoms with E-state index >= 15 is 0 Å². The molecule has 0 aliphatic carbocycles. The zero-order valence-electron chi connectivity index (χ0n) is 27.3. The first kappa shape index (κ1) is 42.9. The molecule has 2 atom stereocenters. The molecule has 4 aromatic rings. The topological polar surface area (TPSA) is 89.7 Å². The number of nitrogens with zero attached hydrogens (tertiary/aromatic N) is 1. The molecule has 2 aliphatic rings. The maximum absolute atomic E-state index is 8.64. The van der Waals surface area contributed by atoms with E-state index in [0.717, 1.165) is 51.3 Å². The summed E-state index contributed by atoms with van der Waals surface area (Å²) in [5.74, 6) is 0. The number of epoxide rings is 2. The van der Waals surface area contributed by atoms with Gasteiger partial charge in [0.25, 0.3) is 6.47 Å². The third-order valence-corrected chi connectivity index (χ3v) is 7.04. The molecule has 10 heteroatoms. The van der Waals surface area contributed by atoms with E-state index < -0.39 is 0 Å². The van der Waals surface area contributed by atoms with Gasteiger partial charge in [-0.05, 0) is 22.3 Å². The second kappa shape index (κ2) is 27.8. The second-order valence-corrected chi connectivity index (χ2v) is 10.6. The number of hydrogen-bond donors (Lipinski definition) is 1. The van der Waals surface area contributed by atoms with Crippen molar-refractivity contribution in [2.75, 3.05) is 25.1 Å². The Morgan fingerprint density at radius 2 is 1.04 bits per heavy atom. The van der Waals surface area contributed by atoms with E-state index in [1.165, 1.54) is 22.3 Å². The average molecular weight is 728 g/mol. The molecule has 2 heterocycles. The van der Waals surface area contributed by atoms with Crippen LogP contribution < -0.4 is 113 Å². The van der Waals surface area contributed by atoms with Crippen LogP contribution in [0.5, 0.6) is 0 Å². The van der Waals surface area contributed by atoms with E-state index in [2.05, 4.69) is 140 Å². The molecule has 2 aliphatic heterocycles. The Bertz CT molecular complexity index is 1170. The van der Waals surface area contributed by atoms with Gasteiger partial charge in [-0.1, -0.05) is 137 Å². The summed E-state index contributed by atoms with van der Waals surface area (Å²) in [5, 5.41) is 12.9. The van der Waals surface area contributed by atoms with Gasteiger partial charge in [0.1, 0.15) is 0 Å². The molecule has 2 unspecified atom stereocenters. The minimum Gasteiger partial charge on any atom is -1.00 e. The number of hydrogen-bond acceptors (Lipinski definition) is 7. The van der Waals surface area contributed by atoms with E-state index in [-0.39, 0.29) is 111 Å². The quantitative estimate of drug-likeness (QED) is 0.0522. The zero-order valence-corrected chi connectivity index (χ0v) is 34.1. The van der Waals surface area contributed by atoms with Crippen molar-refractivity contribution in [1.29, 1.82) is 0 Å². The summed E-state index contributed by atoms with van der Waals surface area (Å²) < 4.78 is 10.2.